The highest BCUT2D eigenvalue weighted by atomic mass is 32.2. The van der Waals surface area contributed by atoms with E-state index in [1.807, 2.05) is 0 Å². The number of fused-ring (bicyclic) bond motifs is 1. The van der Waals surface area contributed by atoms with E-state index in [9.17, 15) is 36.0 Å². The van der Waals surface area contributed by atoms with E-state index < -0.39 is 71.7 Å². The van der Waals surface area contributed by atoms with Crippen LogP contribution in [0, 0.1) is 0 Å². The minimum absolute atomic E-state index is 0.0473. The summed E-state index contributed by atoms with van der Waals surface area (Å²) in [6, 6.07) is 17.7. The number of amides is 3. The van der Waals surface area contributed by atoms with Gasteiger partial charge in [-0.2, -0.15) is 0 Å². The molecule has 15 heteroatoms. The average molecular weight is 664 g/mol. The molecular weight excluding hydrogens is 631 g/mol. The molecule has 0 aromatic heterocycles. The Morgan fingerprint density at radius 3 is 1.86 bits per heavy atom. The molecule has 12 nitrogen and oxygen atoms in total. The first-order valence-corrected chi connectivity index (χ1v) is 18.7. The molecule has 236 valence electrons. The lowest BCUT2D eigenvalue weighted by molar-refractivity contribution is -0.152. The third kappa shape index (κ3) is 8.27. The van der Waals surface area contributed by atoms with Crippen LogP contribution in [0.15, 0.2) is 71.9 Å². The highest BCUT2D eigenvalue weighted by molar-refractivity contribution is 8.00. The summed E-state index contributed by atoms with van der Waals surface area (Å²) in [5, 5.41) is 0.963. The summed E-state index contributed by atoms with van der Waals surface area (Å²) in [4.78, 5) is 55.6. The van der Waals surface area contributed by atoms with Gasteiger partial charge < -0.3 is 15.0 Å². The van der Waals surface area contributed by atoms with Crippen LogP contribution in [0.5, 0.6) is 0 Å². The van der Waals surface area contributed by atoms with Gasteiger partial charge in [0.25, 0.3) is 5.91 Å². The number of rotatable bonds is 12. The van der Waals surface area contributed by atoms with Crippen LogP contribution in [-0.4, -0.2) is 98.2 Å². The quantitative estimate of drug-likeness (QED) is 0.258. The monoisotopic (exact) mass is 663 g/mol. The van der Waals surface area contributed by atoms with Crippen molar-refractivity contribution in [3.05, 3.63) is 83.1 Å². The van der Waals surface area contributed by atoms with E-state index in [0.717, 1.165) is 34.1 Å². The number of nitrogens with zero attached hydrogens (tertiary/aromatic N) is 2. The number of hydrogen-bond donors (Lipinski definition) is 1. The number of ether oxygens (including phenoxy) is 1. The largest absolute Gasteiger partial charge is 0.448 e. The zero-order valence-corrected chi connectivity index (χ0v) is 26.8. The van der Waals surface area contributed by atoms with E-state index in [1.165, 1.54) is 6.92 Å². The van der Waals surface area contributed by atoms with Crippen LogP contribution in [0.25, 0.3) is 0 Å². The second kappa shape index (κ2) is 13.5. The standard InChI is InChI=1S/C29H33N3O9S3/c1-19(33)30-27-24(28(35)31(14-16-43(2,37)38)15-17-44(3,39)40)25(32-22(34)18-23(32)42-27)29(36)41-26(20-10-6-4-7-11-20)21-12-8-5-9-13-21/h4-13,23,26-27H,14-18H2,1-3H3,(H,30,33)/t23-,27?/m0/s1. The molecule has 2 aliphatic heterocycles. The van der Waals surface area contributed by atoms with Gasteiger partial charge in [0.1, 0.15) is 30.7 Å². The van der Waals surface area contributed by atoms with Gasteiger partial charge in [-0.15, -0.1) is 11.8 Å². The van der Waals surface area contributed by atoms with E-state index >= 15 is 0 Å². The van der Waals surface area contributed by atoms with Gasteiger partial charge in [0.15, 0.2) is 6.10 Å². The van der Waals surface area contributed by atoms with Crippen LogP contribution >= 0.6 is 11.8 Å². The van der Waals surface area contributed by atoms with Crippen molar-refractivity contribution in [1.29, 1.82) is 0 Å². The normalized spacial score (nSPS) is 18.4. The molecule has 1 fully saturated rings. The first kappa shape index (κ1) is 33.2. The molecule has 2 aromatic rings. The molecule has 1 unspecified atom stereocenters. The molecular formula is C29H33N3O9S3. The number of carbonyl (C=O) groups is 4. The van der Waals surface area contributed by atoms with Crippen molar-refractivity contribution in [3.63, 3.8) is 0 Å². The number of benzene rings is 2. The van der Waals surface area contributed by atoms with Gasteiger partial charge in [0, 0.05) is 32.5 Å². The summed E-state index contributed by atoms with van der Waals surface area (Å²) in [6.07, 6.45) is 1.07. The Morgan fingerprint density at radius 2 is 1.43 bits per heavy atom. The van der Waals surface area contributed by atoms with Crippen molar-refractivity contribution in [3.8, 4) is 0 Å². The minimum atomic E-state index is -3.58. The minimum Gasteiger partial charge on any atom is -0.448 e. The Morgan fingerprint density at radius 1 is 0.932 bits per heavy atom. The van der Waals surface area contributed by atoms with Crippen LogP contribution in [0.3, 0.4) is 0 Å². The first-order chi connectivity index (χ1) is 20.6. The second-order valence-corrected chi connectivity index (χ2v) is 16.4. The van der Waals surface area contributed by atoms with Gasteiger partial charge in [0.05, 0.1) is 28.9 Å². The molecule has 4 rings (SSSR count). The van der Waals surface area contributed by atoms with Crippen molar-refractivity contribution < 1.29 is 40.8 Å². The predicted molar refractivity (Wildman–Crippen MR) is 164 cm³/mol. The van der Waals surface area contributed by atoms with Gasteiger partial charge in [-0.1, -0.05) is 60.7 Å². The van der Waals surface area contributed by atoms with Crippen LogP contribution < -0.4 is 5.32 Å². The summed E-state index contributed by atoms with van der Waals surface area (Å²) in [7, 11) is -7.17. The van der Waals surface area contributed by atoms with Crippen LogP contribution in [0.2, 0.25) is 0 Å². The predicted octanol–water partition coefficient (Wildman–Crippen LogP) is 1.26. The first-order valence-electron chi connectivity index (χ1n) is 13.6. The van der Waals surface area contributed by atoms with Crippen molar-refractivity contribution in [2.45, 2.75) is 30.2 Å². The molecule has 44 heavy (non-hydrogen) atoms. The maximum Gasteiger partial charge on any atom is 0.356 e. The van der Waals surface area contributed by atoms with Crippen molar-refractivity contribution in [2.24, 2.45) is 0 Å². The van der Waals surface area contributed by atoms with Gasteiger partial charge >= 0.3 is 5.97 Å². The fourth-order valence-electron chi connectivity index (χ4n) is 4.74. The van der Waals surface area contributed by atoms with Crippen molar-refractivity contribution in [2.75, 3.05) is 37.1 Å². The summed E-state index contributed by atoms with van der Waals surface area (Å²) >= 11 is 1.07. The van der Waals surface area contributed by atoms with Crippen LogP contribution in [0.4, 0.5) is 0 Å². The van der Waals surface area contributed by atoms with E-state index in [0.29, 0.717) is 11.1 Å². The van der Waals surface area contributed by atoms with Crippen LogP contribution in [0.1, 0.15) is 30.6 Å². The molecule has 2 heterocycles. The third-order valence-electron chi connectivity index (χ3n) is 6.90. The maximum atomic E-state index is 14.2. The molecule has 0 bridgehead atoms. The Labute approximate surface area is 260 Å². The number of esters is 1. The number of carbonyl (C=O) groups excluding carboxylic acids is 4. The summed E-state index contributed by atoms with van der Waals surface area (Å²) < 4.78 is 54.0. The molecule has 2 aromatic carbocycles. The molecule has 1 N–H and O–H groups in total. The van der Waals surface area contributed by atoms with E-state index in [1.54, 1.807) is 60.7 Å². The fraction of sp³-hybridized carbons (Fsp3) is 0.379. The third-order valence-corrected chi connectivity index (χ3v) is 10.1. The number of sulfone groups is 2. The zero-order chi connectivity index (χ0) is 32.2. The lowest BCUT2D eigenvalue weighted by atomic mass is 10.0. The summed E-state index contributed by atoms with van der Waals surface area (Å²) in [5.74, 6) is -3.84. The Hall–Kier alpha value is -3.69. The summed E-state index contributed by atoms with van der Waals surface area (Å²) in [5.41, 5.74) is 0.563. The smallest absolute Gasteiger partial charge is 0.356 e. The Kier molecular flexibility index (Phi) is 10.2. The molecule has 1 saturated heterocycles. The number of hydrogen-bond acceptors (Lipinski definition) is 10. The molecule has 2 aliphatic rings. The Balaban J connectivity index is 1.84. The fourth-order valence-corrected chi connectivity index (χ4v) is 7.33. The highest BCUT2D eigenvalue weighted by Crippen LogP contribution is 2.44. The highest BCUT2D eigenvalue weighted by Gasteiger charge is 2.51. The van der Waals surface area contributed by atoms with Gasteiger partial charge in [-0.05, 0) is 11.1 Å². The molecule has 3 amide bonds. The zero-order valence-electron chi connectivity index (χ0n) is 24.3. The van der Waals surface area contributed by atoms with Crippen LogP contribution in [-0.2, 0) is 43.6 Å². The molecule has 0 aliphatic carbocycles. The lowest BCUT2D eigenvalue weighted by Crippen LogP contribution is -2.59. The second-order valence-electron chi connectivity index (χ2n) is 10.6. The van der Waals surface area contributed by atoms with Crippen molar-refractivity contribution >= 4 is 55.1 Å². The molecule has 0 spiro atoms. The molecule has 2 atom stereocenters. The van der Waals surface area contributed by atoms with Gasteiger partial charge in [0.2, 0.25) is 11.8 Å². The van der Waals surface area contributed by atoms with E-state index in [4.69, 9.17) is 4.74 Å². The molecule has 0 radical (unpaired) electrons. The van der Waals surface area contributed by atoms with Crippen molar-refractivity contribution in [1.82, 2.24) is 15.1 Å². The number of nitrogens with one attached hydrogen (secondary N) is 1. The Bertz CT molecular complexity index is 1600. The van der Waals surface area contributed by atoms with E-state index in [-0.39, 0.29) is 30.8 Å². The number of thioether (sulfide) groups is 1. The SMILES string of the molecule is CC(=O)NC1S[C@H]2CC(=O)N2C(C(=O)OC(c2ccccc2)c2ccccc2)=C1C(=O)N(CCS(C)(=O)=O)CCS(C)(=O)=O. The average Bonchev–Trinajstić information content (AvgIpc) is 2.94. The lowest BCUT2D eigenvalue weighted by Gasteiger charge is -2.47. The maximum absolute atomic E-state index is 14.2. The topological polar surface area (TPSA) is 164 Å². The number of β-lactam (4-membered cyclic amide) rings is 1. The molecule has 0 saturated carbocycles. The van der Waals surface area contributed by atoms with Gasteiger partial charge in [-0.3, -0.25) is 19.3 Å². The van der Waals surface area contributed by atoms with E-state index in [2.05, 4.69) is 5.32 Å². The van der Waals surface area contributed by atoms with Gasteiger partial charge in [-0.25, -0.2) is 21.6 Å². The summed E-state index contributed by atoms with van der Waals surface area (Å²) in [6.45, 7) is 0.458.